The predicted molar refractivity (Wildman–Crippen MR) is 132 cm³/mol. The van der Waals surface area contributed by atoms with Crippen molar-refractivity contribution in [2.45, 2.75) is 25.9 Å². The first-order valence-corrected chi connectivity index (χ1v) is 11.6. The van der Waals surface area contributed by atoms with E-state index in [1.807, 2.05) is 36.4 Å². The SMILES string of the molecule is CCN(CC(=O)NCc1ccc(F)cc1)C(=O)CN1C(=O)N[C@](C)(c2ccc3ccccc3c2)C1=O. The van der Waals surface area contributed by atoms with Crippen LogP contribution in [0.15, 0.2) is 66.7 Å². The van der Waals surface area contributed by atoms with Crippen LogP contribution >= 0.6 is 0 Å². The highest BCUT2D eigenvalue weighted by Crippen LogP contribution is 2.31. The molecule has 2 N–H and O–H groups in total. The Morgan fingerprint density at radius 3 is 2.42 bits per heavy atom. The lowest BCUT2D eigenvalue weighted by atomic mass is 9.90. The van der Waals surface area contributed by atoms with E-state index in [2.05, 4.69) is 10.6 Å². The highest BCUT2D eigenvalue weighted by Gasteiger charge is 2.49. The zero-order valence-corrected chi connectivity index (χ0v) is 20.1. The third kappa shape index (κ3) is 5.05. The molecule has 0 bridgehead atoms. The summed E-state index contributed by atoms with van der Waals surface area (Å²) in [6, 6.07) is 18.3. The quantitative estimate of drug-likeness (QED) is 0.475. The molecule has 1 fully saturated rings. The second-order valence-corrected chi connectivity index (χ2v) is 8.82. The third-order valence-electron chi connectivity index (χ3n) is 6.37. The topological polar surface area (TPSA) is 98.8 Å². The van der Waals surface area contributed by atoms with Crippen LogP contribution in [0.3, 0.4) is 0 Å². The maximum atomic E-state index is 13.3. The van der Waals surface area contributed by atoms with Gasteiger partial charge in [-0.2, -0.15) is 0 Å². The van der Waals surface area contributed by atoms with Crippen LogP contribution in [0.4, 0.5) is 9.18 Å². The first-order chi connectivity index (χ1) is 17.2. The van der Waals surface area contributed by atoms with Gasteiger partial charge in [0, 0.05) is 13.1 Å². The van der Waals surface area contributed by atoms with E-state index >= 15 is 0 Å². The van der Waals surface area contributed by atoms with Crippen molar-refractivity contribution < 1.29 is 23.6 Å². The lowest BCUT2D eigenvalue weighted by Gasteiger charge is -2.24. The smallest absolute Gasteiger partial charge is 0.325 e. The Hall–Kier alpha value is -4.27. The predicted octanol–water partition coefficient (Wildman–Crippen LogP) is 2.91. The van der Waals surface area contributed by atoms with Gasteiger partial charge in [-0.3, -0.25) is 19.3 Å². The molecule has 3 aromatic carbocycles. The number of hydrogen-bond acceptors (Lipinski definition) is 4. The monoisotopic (exact) mass is 490 g/mol. The molecule has 0 radical (unpaired) electrons. The van der Waals surface area contributed by atoms with E-state index in [9.17, 15) is 23.6 Å². The summed E-state index contributed by atoms with van der Waals surface area (Å²) >= 11 is 0. The molecule has 0 aromatic heterocycles. The summed E-state index contributed by atoms with van der Waals surface area (Å²) in [7, 11) is 0. The van der Waals surface area contributed by atoms with E-state index in [4.69, 9.17) is 0 Å². The van der Waals surface area contributed by atoms with Crippen molar-refractivity contribution in [1.29, 1.82) is 0 Å². The molecule has 8 nitrogen and oxygen atoms in total. The number of rotatable bonds is 8. The number of nitrogens with zero attached hydrogens (tertiary/aromatic N) is 2. The van der Waals surface area contributed by atoms with Crippen LogP contribution in [0.2, 0.25) is 0 Å². The average Bonchev–Trinajstić information content (AvgIpc) is 3.10. The number of amides is 5. The van der Waals surface area contributed by atoms with Crippen LogP contribution in [0.1, 0.15) is 25.0 Å². The van der Waals surface area contributed by atoms with Crippen LogP contribution in [0.5, 0.6) is 0 Å². The van der Waals surface area contributed by atoms with Crippen LogP contribution in [0.25, 0.3) is 10.8 Å². The summed E-state index contributed by atoms with van der Waals surface area (Å²) < 4.78 is 13.0. The van der Waals surface area contributed by atoms with Crippen LogP contribution in [0, 0.1) is 5.82 Å². The Labute approximate surface area is 208 Å². The van der Waals surface area contributed by atoms with Gasteiger partial charge in [0.1, 0.15) is 17.9 Å². The largest absolute Gasteiger partial charge is 0.350 e. The van der Waals surface area contributed by atoms with E-state index in [-0.39, 0.29) is 25.5 Å². The molecule has 186 valence electrons. The first kappa shape index (κ1) is 24.8. The summed E-state index contributed by atoms with van der Waals surface area (Å²) in [5, 5.41) is 7.33. The summed E-state index contributed by atoms with van der Waals surface area (Å²) in [5.41, 5.74) is 0.0128. The van der Waals surface area contributed by atoms with E-state index in [1.54, 1.807) is 32.0 Å². The van der Waals surface area contributed by atoms with Crippen LogP contribution < -0.4 is 10.6 Å². The summed E-state index contributed by atoms with van der Waals surface area (Å²) in [6.45, 7) is 3.00. The Morgan fingerprint density at radius 2 is 1.72 bits per heavy atom. The van der Waals surface area contributed by atoms with Crippen molar-refractivity contribution in [2.75, 3.05) is 19.6 Å². The Kier molecular flexibility index (Phi) is 7.00. The van der Waals surface area contributed by atoms with Crippen molar-refractivity contribution in [3.63, 3.8) is 0 Å². The van der Waals surface area contributed by atoms with Gasteiger partial charge in [0.05, 0.1) is 6.54 Å². The van der Waals surface area contributed by atoms with Gasteiger partial charge in [-0.05, 0) is 53.9 Å². The number of hydrogen-bond donors (Lipinski definition) is 2. The summed E-state index contributed by atoms with van der Waals surface area (Å²) in [4.78, 5) is 53.5. The number of carbonyl (C=O) groups is 4. The zero-order chi connectivity index (χ0) is 25.9. The van der Waals surface area contributed by atoms with E-state index in [0.717, 1.165) is 15.7 Å². The van der Waals surface area contributed by atoms with Gasteiger partial charge >= 0.3 is 6.03 Å². The molecule has 0 saturated carbocycles. The van der Waals surface area contributed by atoms with Crippen molar-refractivity contribution >= 4 is 34.5 Å². The van der Waals surface area contributed by atoms with Gasteiger partial charge < -0.3 is 15.5 Å². The molecule has 3 aromatic rings. The Bertz CT molecular complexity index is 1330. The first-order valence-electron chi connectivity index (χ1n) is 11.6. The summed E-state index contributed by atoms with van der Waals surface area (Å²) in [5.74, 6) is -1.84. The standard InChI is InChI=1S/C27H27FN4O4/c1-3-31(16-23(33)29-15-18-8-12-22(28)13-9-18)24(34)17-32-25(35)27(2,30-26(32)36)21-11-10-19-6-4-5-7-20(19)14-21/h4-14H,3,15-17H2,1-2H3,(H,29,33)(H,30,36)/t27-/m1/s1. The second-order valence-electron chi connectivity index (χ2n) is 8.82. The molecule has 1 atom stereocenters. The number of benzene rings is 3. The normalized spacial score (nSPS) is 17.2. The maximum absolute atomic E-state index is 13.3. The van der Waals surface area contributed by atoms with Crippen molar-refractivity contribution in [2.24, 2.45) is 0 Å². The molecular formula is C27H27FN4O4. The number of fused-ring (bicyclic) bond motifs is 1. The number of imide groups is 1. The molecule has 1 saturated heterocycles. The van der Waals surface area contributed by atoms with Gasteiger partial charge in [0.15, 0.2) is 0 Å². The van der Waals surface area contributed by atoms with Crippen LogP contribution in [-0.2, 0) is 26.5 Å². The number of halogens is 1. The highest BCUT2D eigenvalue weighted by atomic mass is 19.1. The molecule has 9 heteroatoms. The van der Waals surface area contributed by atoms with Crippen molar-refractivity contribution in [3.8, 4) is 0 Å². The fraction of sp³-hybridized carbons (Fsp3) is 0.259. The highest BCUT2D eigenvalue weighted by molar-refractivity contribution is 6.09. The molecule has 0 spiro atoms. The molecule has 1 aliphatic rings. The number of likely N-dealkylation sites (N-methyl/N-ethyl adjacent to an activating group) is 1. The van der Waals surface area contributed by atoms with Crippen molar-refractivity contribution in [1.82, 2.24) is 20.4 Å². The maximum Gasteiger partial charge on any atom is 0.325 e. The fourth-order valence-corrected chi connectivity index (χ4v) is 4.18. The minimum atomic E-state index is -1.31. The fourth-order valence-electron chi connectivity index (χ4n) is 4.18. The van der Waals surface area contributed by atoms with Crippen molar-refractivity contribution in [3.05, 3.63) is 83.7 Å². The van der Waals surface area contributed by atoms with Gasteiger partial charge in [-0.15, -0.1) is 0 Å². The molecular weight excluding hydrogens is 463 g/mol. The number of nitrogens with one attached hydrogen (secondary N) is 2. The lowest BCUT2D eigenvalue weighted by molar-refractivity contribution is -0.140. The van der Waals surface area contributed by atoms with Gasteiger partial charge in [0.25, 0.3) is 5.91 Å². The zero-order valence-electron chi connectivity index (χ0n) is 20.1. The molecule has 1 aliphatic heterocycles. The average molecular weight is 491 g/mol. The van der Waals surface area contributed by atoms with E-state index in [1.165, 1.54) is 17.0 Å². The van der Waals surface area contributed by atoms with Gasteiger partial charge in [-0.25, -0.2) is 9.18 Å². The van der Waals surface area contributed by atoms with Crippen LogP contribution in [-0.4, -0.2) is 53.2 Å². The van der Waals surface area contributed by atoms with E-state index in [0.29, 0.717) is 11.1 Å². The molecule has 5 amide bonds. The molecule has 0 unspecified atom stereocenters. The van der Waals surface area contributed by atoms with Gasteiger partial charge in [-0.1, -0.05) is 48.5 Å². The molecule has 36 heavy (non-hydrogen) atoms. The Balaban J connectivity index is 1.40. The molecule has 4 rings (SSSR count). The lowest BCUT2D eigenvalue weighted by Crippen LogP contribution is -2.47. The molecule has 0 aliphatic carbocycles. The van der Waals surface area contributed by atoms with E-state index < -0.39 is 35.8 Å². The summed E-state index contributed by atoms with van der Waals surface area (Å²) in [6.07, 6.45) is 0. The minimum absolute atomic E-state index is 0.183. The Morgan fingerprint density at radius 1 is 1.03 bits per heavy atom. The van der Waals surface area contributed by atoms with Gasteiger partial charge in [0.2, 0.25) is 11.8 Å². The number of urea groups is 1. The third-order valence-corrected chi connectivity index (χ3v) is 6.37. The number of carbonyl (C=O) groups excluding carboxylic acids is 4. The molecule has 1 heterocycles. The second kappa shape index (κ2) is 10.2. The minimum Gasteiger partial charge on any atom is -0.350 e.